The molecule has 4 heteroatoms. The lowest BCUT2D eigenvalue weighted by molar-refractivity contribution is 0.220. The minimum absolute atomic E-state index is 0.0780. The molecular weight excluding hydrogens is 266 g/mol. The van der Waals surface area contributed by atoms with Crippen molar-refractivity contribution in [1.29, 1.82) is 0 Å². The number of hydrogen-bond acceptors (Lipinski definition) is 4. The highest BCUT2D eigenvalue weighted by atomic mass is 16.5. The van der Waals surface area contributed by atoms with Gasteiger partial charge in [0.1, 0.15) is 11.5 Å². The normalized spacial score (nSPS) is 13.3. The average Bonchev–Trinajstić information content (AvgIpc) is 2.55. The SMILES string of the molecule is COc1ccc(OC)c(C(C)(CO)Nc2ccccc2)c1. The Morgan fingerprint density at radius 3 is 2.33 bits per heavy atom. The average molecular weight is 287 g/mol. The van der Waals surface area contributed by atoms with Crippen LogP contribution in [-0.4, -0.2) is 25.9 Å². The van der Waals surface area contributed by atoms with Crippen LogP contribution in [0.3, 0.4) is 0 Å². The Balaban J connectivity index is 2.43. The molecule has 1 atom stereocenters. The molecule has 0 heterocycles. The van der Waals surface area contributed by atoms with Gasteiger partial charge in [0.15, 0.2) is 0 Å². The molecule has 0 fully saturated rings. The number of ether oxygens (including phenoxy) is 2. The summed E-state index contributed by atoms with van der Waals surface area (Å²) >= 11 is 0. The molecule has 2 aromatic carbocycles. The molecule has 0 aliphatic rings. The van der Waals surface area contributed by atoms with Gasteiger partial charge in [0.05, 0.1) is 26.4 Å². The summed E-state index contributed by atoms with van der Waals surface area (Å²) in [5.41, 5.74) is 1.09. The zero-order valence-electron chi connectivity index (χ0n) is 12.6. The Morgan fingerprint density at radius 2 is 1.76 bits per heavy atom. The summed E-state index contributed by atoms with van der Waals surface area (Å²) in [4.78, 5) is 0. The van der Waals surface area contributed by atoms with Gasteiger partial charge in [0.25, 0.3) is 0 Å². The lowest BCUT2D eigenvalue weighted by Crippen LogP contribution is -2.36. The van der Waals surface area contributed by atoms with E-state index in [-0.39, 0.29) is 6.61 Å². The van der Waals surface area contributed by atoms with Gasteiger partial charge in [-0.3, -0.25) is 0 Å². The third-order valence-electron chi connectivity index (χ3n) is 3.51. The molecule has 0 saturated carbocycles. The van der Waals surface area contributed by atoms with Crippen molar-refractivity contribution in [2.75, 3.05) is 26.1 Å². The number of rotatable bonds is 6. The fraction of sp³-hybridized carbons (Fsp3) is 0.294. The smallest absolute Gasteiger partial charge is 0.124 e. The largest absolute Gasteiger partial charge is 0.497 e. The second kappa shape index (κ2) is 6.50. The van der Waals surface area contributed by atoms with Crippen molar-refractivity contribution in [3.63, 3.8) is 0 Å². The van der Waals surface area contributed by atoms with Crippen LogP contribution in [0.25, 0.3) is 0 Å². The summed E-state index contributed by atoms with van der Waals surface area (Å²) in [6.07, 6.45) is 0. The number of para-hydroxylation sites is 1. The third-order valence-corrected chi connectivity index (χ3v) is 3.51. The maximum absolute atomic E-state index is 9.92. The Kier molecular flexibility index (Phi) is 4.70. The second-order valence-corrected chi connectivity index (χ2v) is 5.05. The first kappa shape index (κ1) is 15.2. The lowest BCUT2D eigenvalue weighted by Gasteiger charge is -2.32. The molecule has 0 bridgehead atoms. The quantitative estimate of drug-likeness (QED) is 0.857. The molecule has 0 saturated heterocycles. The first-order valence-corrected chi connectivity index (χ1v) is 6.79. The van der Waals surface area contributed by atoms with Crippen LogP contribution in [0.4, 0.5) is 5.69 Å². The van der Waals surface area contributed by atoms with Crippen molar-refractivity contribution in [1.82, 2.24) is 0 Å². The van der Waals surface area contributed by atoms with Crippen LogP contribution in [0, 0.1) is 0 Å². The van der Waals surface area contributed by atoms with Crippen molar-refractivity contribution < 1.29 is 14.6 Å². The second-order valence-electron chi connectivity index (χ2n) is 5.05. The number of benzene rings is 2. The first-order chi connectivity index (χ1) is 10.1. The van der Waals surface area contributed by atoms with Gasteiger partial charge in [-0.1, -0.05) is 18.2 Å². The van der Waals surface area contributed by atoms with Gasteiger partial charge in [-0.2, -0.15) is 0 Å². The third kappa shape index (κ3) is 3.28. The van der Waals surface area contributed by atoms with Crippen LogP contribution in [0.15, 0.2) is 48.5 Å². The minimum atomic E-state index is -0.679. The number of aliphatic hydroxyl groups is 1. The molecule has 0 aliphatic carbocycles. The predicted octanol–water partition coefficient (Wildman–Crippen LogP) is 3.02. The first-order valence-electron chi connectivity index (χ1n) is 6.79. The Labute approximate surface area is 125 Å². The number of nitrogens with one attached hydrogen (secondary N) is 1. The van der Waals surface area contributed by atoms with E-state index in [4.69, 9.17) is 9.47 Å². The monoisotopic (exact) mass is 287 g/mol. The Bertz CT molecular complexity index is 586. The molecule has 0 aliphatic heterocycles. The highest BCUT2D eigenvalue weighted by molar-refractivity contribution is 5.52. The van der Waals surface area contributed by atoms with Gasteiger partial charge in [0.2, 0.25) is 0 Å². The number of anilines is 1. The van der Waals surface area contributed by atoms with Crippen LogP contribution < -0.4 is 14.8 Å². The maximum Gasteiger partial charge on any atom is 0.124 e. The van der Waals surface area contributed by atoms with E-state index in [9.17, 15) is 5.11 Å². The summed E-state index contributed by atoms with van der Waals surface area (Å²) in [5, 5.41) is 13.3. The van der Waals surface area contributed by atoms with Gasteiger partial charge in [-0.15, -0.1) is 0 Å². The molecule has 0 spiro atoms. The van der Waals surface area contributed by atoms with Crippen LogP contribution >= 0.6 is 0 Å². The van der Waals surface area contributed by atoms with Gasteiger partial charge in [-0.05, 0) is 37.3 Å². The van der Waals surface area contributed by atoms with Crippen LogP contribution in [0.1, 0.15) is 12.5 Å². The number of methoxy groups -OCH3 is 2. The van der Waals surface area contributed by atoms with Crippen molar-refractivity contribution in [3.05, 3.63) is 54.1 Å². The summed E-state index contributed by atoms with van der Waals surface area (Å²) in [5.74, 6) is 1.43. The Morgan fingerprint density at radius 1 is 1.05 bits per heavy atom. The van der Waals surface area contributed by atoms with Crippen molar-refractivity contribution >= 4 is 5.69 Å². The molecule has 1 unspecified atom stereocenters. The molecule has 2 rings (SSSR count). The molecule has 4 nitrogen and oxygen atoms in total. The lowest BCUT2D eigenvalue weighted by atomic mass is 9.91. The number of hydrogen-bond donors (Lipinski definition) is 2. The topological polar surface area (TPSA) is 50.7 Å². The number of aliphatic hydroxyl groups excluding tert-OH is 1. The van der Waals surface area contributed by atoms with Crippen molar-refractivity contribution in [2.24, 2.45) is 0 Å². The molecule has 21 heavy (non-hydrogen) atoms. The van der Waals surface area contributed by atoms with E-state index in [0.29, 0.717) is 5.75 Å². The van der Waals surface area contributed by atoms with E-state index in [1.165, 1.54) is 0 Å². The molecular formula is C17H21NO3. The summed E-state index contributed by atoms with van der Waals surface area (Å²) in [7, 11) is 3.23. The molecule has 2 aromatic rings. The van der Waals surface area contributed by atoms with E-state index in [1.807, 2.05) is 55.5 Å². The molecule has 112 valence electrons. The highest BCUT2D eigenvalue weighted by Crippen LogP contribution is 2.35. The van der Waals surface area contributed by atoms with Gasteiger partial charge >= 0.3 is 0 Å². The fourth-order valence-corrected chi connectivity index (χ4v) is 2.28. The van der Waals surface area contributed by atoms with Gasteiger partial charge in [0, 0.05) is 11.3 Å². The highest BCUT2D eigenvalue weighted by Gasteiger charge is 2.29. The van der Waals surface area contributed by atoms with E-state index in [0.717, 1.165) is 17.0 Å². The zero-order chi connectivity index (χ0) is 15.3. The van der Waals surface area contributed by atoms with E-state index >= 15 is 0 Å². The maximum atomic E-state index is 9.92. The summed E-state index contributed by atoms with van der Waals surface area (Å²) in [6.45, 7) is 1.85. The van der Waals surface area contributed by atoms with Gasteiger partial charge < -0.3 is 19.9 Å². The van der Waals surface area contributed by atoms with Crippen LogP contribution in [0.5, 0.6) is 11.5 Å². The van der Waals surface area contributed by atoms with E-state index in [1.54, 1.807) is 14.2 Å². The predicted molar refractivity (Wildman–Crippen MR) is 84.0 cm³/mol. The van der Waals surface area contributed by atoms with Crippen molar-refractivity contribution in [3.8, 4) is 11.5 Å². The molecule has 0 aromatic heterocycles. The van der Waals surface area contributed by atoms with Gasteiger partial charge in [-0.25, -0.2) is 0 Å². The van der Waals surface area contributed by atoms with Crippen molar-refractivity contribution in [2.45, 2.75) is 12.5 Å². The standard InChI is InChI=1S/C17H21NO3/c1-17(12-19,18-13-7-5-4-6-8-13)15-11-14(20-2)9-10-16(15)21-3/h4-11,18-19H,12H2,1-3H3. The summed E-state index contributed by atoms with van der Waals surface area (Å²) < 4.78 is 10.7. The molecule has 2 N–H and O–H groups in total. The van der Waals surface area contributed by atoms with E-state index in [2.05, 4.69) is 5.32 Å². The van der Waals surface area contributed by atoms with Crippen LogP contribution in [-0.2, 0) is 5.54 Å². The minimum Gasteiger partial charge on any atom is -0.497 e. The molecule has 0 amide bonds. The zero-order valence-corrected chi connectivity index (χ0v) is 12.6. The summed E-state index contributed by atoms with van der Waals surface area (Å²) in [6, 6.07) is 15.3. The van der Waals surface area contributed by atoms with E-state index < -0.39 is 5.54 Å². The van der Waals surface area contributed by atoms with Crippen LogP contribution in [0.2, 0.25) is 0 Å². The Hall–Kier alpha value is -2.20. The fourth-order valence-electron chi connectivity index (χ4n) is 2.28. The molecule has 0 radical (unpaired) electrons.